The number of aryl methyl sites for hydroxylation is 1. The maximum absolute atomic E-state index is 12.4. The average Bonchev–Trinajstić information content (AvgIpc) is 3.34. The van der Waals surface area contributed by atoms with E-state index in [2.05, 4.69) is 27.8 Å². The first-order chi connectivity index (χ1) is 10.3. The molecule has 21 heavy (non-hydrogen) atoms. The summed E-state index contributed by atoms with van der Waals surface area (Å²) in [5.74, 6) is 0.410. The van der Waals surface area contributed by atoms with Crippen LogP contribution >= 0.6 is 0 Å². The Bertz CT molecular complexity index is 733. The highest BCUT2D eigenvalue weighted by Crippen LogP contribution is 2.33. The number of aromatic nitrogens is 2. The molecule has 1 aliphatic heterocycles. The molecular weight excluding hydrogens is 264 g/mol. The van der Waals surface area contributed by atoms with Crippen molar-refractivity contribution in [1.29, 1.82) is 0 Å². The molecule has 2 aliphatic rings. The molecule has 0 amide bonds. The van der Waals surface area contributed by atoms with Crippen LogP contribution in [0.4, 0.5) is 17.2 Å². The minimum Gasteiger partial charge on any atom is -0.385 e. The highest BCUT2D eigenvalue weighted by molar-refractivity contribution is 5.64. The maximum atomic E-state index is 12.4. The fourth-order valence-electron chi connectivity index (χ4n) is 2.84. The van der Waals surface area contributed by atoms with E-state index in [0.717, 1.165) is 37.9 Å². The van der Waals surface area contributed by atoms with Gasteiger partial charge < -0.3 is 15.2 Å². The second kappa shape index (κ2) is 4.91. The Morgan fingerprint density at radius 1 is 1.33 bits per heavy atom. The van der Waals surface area contributed by atoms with E-state index in [9.17, 15) is 4.79 Å². The van der Waals surface area contributed by atoms with Gasteiger partial charge in [-0.1, -0.05) is 0 Å². The lowest BCUT2D eigenvalue weighted by atomic mass is 10.0. The summed E-state index contributed by atoms with van der Waals surface area (Å²) in [4.78, 5) is 16.6. The number of rotatable bonds is 3. The largest absolute Gasteiger partial charge is 0.385 e. The van der Waals surface area contributed by atoms with Crippen LogP contribution in [0.3, 0.4) is 0 Å². The van der Waals surface area contributed by atoms with Crippen LogP contribution in [0, 0.1) is 0 Å². The second-order valence-corrected chi connectivity index (χ2v) is 5.75. The van der Waals surface area contributed by atoms with Gasteiger partial charge in [-0.25, -0.2) is 4.98 Å². The first-order valence-corrected chi connectivity index (χ1v) is 7.52. The van der Waals surface area contributed by atoms with Gasteiger partial charge in [0.05, 0.1) is 0 Å². The minimum absolute atomic E-state index is 0.0316. The molecule has 0 bridgehead atoms. The summed E-state index contributed by atoms with van der Waals surface area (Å²) >= 11 is 0. The topological polar surface area (TPSA) is 59.0 Å². The molecule has 0 spiro atoms. The molecule has 1 aromatic heterocycles. The number of benzene rings is 1. The Labute approximate surface area is 123 Å². The van der Waals surface area contributed by atoms with Gasteiger partial charge in [-0.15, -0.1) is 0 Å². The van der Waals surface area contributed by atoms with Crippen LogP contribution in [0.15, 0.2) is 35.4 Å². The molecule has 5 nitrogen and oxygen atoms in total. The van der Waals surface area contributed by atoms with E-state index in [0.29, 0.717) is 11.9 Å². The Morgan fingerprint density at radius 3 is 3.10 bits per heavy atom. The van der Waals surface area contributed by atoms with Crippen molar-refractivity contribution in [3.8, 4) is 0 Å². The molecule has 1 saturated carbocycles. The van der Waals surface area contributed by atoms with Crippen molar-refractivity contribution in [2.45, 2.75) is 31.7 Å². The first kappa shape index (κ1) is 12.4. The van der Waals surface area contributed by atoms with Crippen LogP contribution in [-0.4, -0.2) is 16.1 Å². The van der Waals surface area contributed by atoms with Gasteiger partial charge in [-0.2, -0.15) is 0 Å². The summed E-state index contributed by atoms with van der Waals surface area (Å²) in [5.41, 5.74) is 3.39. The average molecular weight is 282 g/mol. The quantitative estimate of drug-likeness (QED) is 0.908. The molecule has 4 rings (SSSR count). The van der Waals surface area contributed by atoms with Crippen molar-refractivity contribution < 1.29 is 0 Å². The van der Waals surface area contributed by atoms with E-state index in [1.165, 1.54) is 11.3 Å². The Morgan fingerprint density at radius 2 is 2.24 bits per heavy atom. The van der Waals surface area contributed by atoms with Gasteiger partial charge in [-0.3, -0.25) is 4.79 Å². The third-order valence-corrected chi connectivity index (χ3v) is 4.11. The Balaban J connectivity index is 1.64. The van der Waals surface area contributed by atoms with Gasteiger partial charge in [0.2, 0.25) is 0 Å². The summed E-state index contributed by atoms with van der Waals surface area (Å²) in [6.07, 6.45) is 7.88. The van der Waals surface area contributed by atoms with Crippen molar-refractivity contribution in [3.63, 3.8) is 0 Å². The number of nitrogens with zero attached hydrogens (tertiary/aromatic N) is 2. The molecule has 1 aliphatic carbocycles. The smallest absolute Gasteiger partial charge is 0.293 e. The van der Waals surface area contributed by atoms with Crippen LogP contribution in [0.1, 0.15) is 30.9 Å². The number of hydrogen-bond acceptors (Lipinski definition) is 4. The molecule has 0 atom stereocenters. The summed E-state index contributed by atoms with van der Waals surface area (Å²) in [6, 6.07) is 6.54. The van der Waals surface area contributed by atoms with E-state index in [-0.39, 0.29) is 5.56 Å². The minimum atomic E-state index is -0.0316. The monoisotopic (exact) mass is 282 g/mol. The zero-order chi connectivity index (χ0) is 14.2. The molecule has 5 heteroatoms. The van der Waals surface area contributed by atoms with Crippen molar-refractivity contribution in [3.05, 3.63) is 46.5 Å². The molecule has 2 N–H and O–H groups in total. The van der Waals surface area contributed by atoms with Crippen molar-refractivity contribution in [2.24, 2.45) is 0 Å². The standard InChI is InChI=1S/C16H18N4O/c21-16-15(18-8-9-20(16)13-4-5-13)19-12-3-6-14-11(10-12)2-1-7-17-14/h3,6,8-10,13,17H,1-2,4-5,7H2,(H,18,19). The van der Waals surface area contributed by atoms with Crippen LogP contribution in [0.25, 0.3) is 0 Å². The number of hydrogen-bond donors (Lipinski definition) is 2. The molecule has 0 unspecified atom stereocenters. The molecule has 108 valence electrons. The van der Waals surface area contributed by atoms with Gasteiger partial charge >= 0.3 is 0 Å². The maximum Gasteiger partial charge on any atom is 0.293 e. The van der Waals surface area contributed by atoms with Crippen molar-refractivity contribution in [1.82, 2.24) is 9.55 Å². The normalized spacial score (nSPS) is 17.0. The van der Waals surface area contributed by atoms with Crippen molar-refractivity contribution in [2.75, 3.05) is 17.2 Å². The van der Waals surface area contributed by atoms with Gasteiger partial charge in [0, 0.05) is 36.4 Å². The van der Waals surface area contributed by atoms with E-state index in [1.54, 1.807) is 17.0 Å². The summed E-state index contributed by atoms with van der Waals surface area (Å²) in [5, 5.41) is 6.56. The third kappa shape index (κ3) is 2.39. The fraction of sp³-hybridized carbons (Fsp3) is 0.375. The summed E-state index contributed by atoms with van der Waals surface area (Å²) in [7, 11) is 0. The zero-order valence-corrected chi connectivity index (χ0v) is 11.8. The van der Waals surface area contributed by atoms with Gasteiger partial charge in [-0.05, 0) is 49.4 Å². The lowest BCUT2D eigenvalue weighted by Crippen LogP contribution is -2.22. The van der Waals surface area contributed by atoms with E-state index in [4.69, 9.17) is 0 Å². The number of anilines is 3. The highest BCUT2D eigenvalue weighted by atomic mass is 16.1. The highest BCUT2D eigenvalue weighted by Gasteiger charge is 2.25. The third-order valence-electron chi connectivity index (χ3n) is 4.11. The SMILES string of the molecule is O=c1c(Nc2ccc3c(c2)CCCN3)nccn1C1CC1. The van der Waals surface area contributed by atoms with E-state index >= 15 is 0 Å². The Hall–Kier alpha value is -2.30. The summed E-state index contributed by atoms with van der Waals surface area (Å²) < 4.78 is 1.79. The van der Waals surface area contributed by atoms with Gasteiger partial charge in [0.15, 0.2) is 5.82 Å². The lowest BCUT2D eigenvalue weighted by Gasteiger charge is -2.19. The molecule has 0 radical (unpaired) electrons. The fourth-order valence-corrected chi connectivity index (χ4v) is 2.84. The molecule has 1 aromatic carbocycles. The predicted octanol–water partition coefficient (Wildman–Crippen LogP) is 2.68. The zero-order valence-electron chi connectivity index (χ0n) is 11.8. The van der Waals surface area contributed by atoms with Crippen LogP contribution in [0.2, 0.25) is 0 Å². The van der Waals surface area contributed by atoms with Crippen molar-refractivity contribution >= 4 is 17.2 Å². The first-order valence-electron chi connectivity index (χ1n) is 7.52. The van der Waals surface area contributed by atoms with E-state index < -0.39 is 0 Å². The lowest BCUT2D eigenvalue weighted by molar-refractivity contribution is 0.701. The van der Waals surface area contributed by atoms with Crippen LogP contribution < -0.4 is 16.2 Å². The predicted molar refractivity (Wildman–Crippen MR) is 83.3 cm³/mol. The van der Waals surface area contributed by atoms with Crippen LogP contribution in [-0.2, 0) is 6.42 Å². The van der Waals surface area contributed by atoms with Gasteiger partial charge in [0.25, 0.3) is 5.56 Å². The molecule has 0 saturated heterocycles. The summed E-state index contributed by atoms with van der Waals surface area (Å²) in [6.45, 7) is 1.03. The van der Waals surface area contributed by atoms with Gasteiger partial charge in [0.1, 0.15) is 0 Å². The number of fused-ring (bicyclic) bond motifs is 1. The van der Waals surface area contributed by atoms with E-state index in [1.807, 2.05) is 6.07 Å². The second-order valence-electron chi connectivity index (χ2n) is 5.75. The van der Waals surface area contributed by atoms with Crippen LogP contribution in [0.5, 0.6) is 0 Å². The Kier molecular flexibility index (Phi) is 2.91. The molecule has 2 heterocycles. The molecule has 2 aromatic rings. The molecule has 1 fully saturated rings. The molecular formula is C16H18N4O. The number of nitrogens with one attached hydrogen (secondary N) is 2.